The van der Waals surface area contributed by atoms with Crippen LogP contribution in [0.3, 0.4) is 0 Å². The standard InChI is InChI=1S/C17H26/c1-2-11-7-10(1)8-16(11)15-6-5-14-12-3-4-13(9-12)17(14)15/h10-17H,1-9H2. The van der Waals surface area contributed by atoms with Crippen LogP contribution in [-0.4, -0.2) is 0 Å². The highest BCUT2D eigenvalue weighted by Gasteiger charge is 2.57. The highest BCUT2D eigenvalue weighted by Crippen LogP contribution is 2.65. The first-order valence-electron chi connectivity index (χ1n) is 8.40. The monoisotopic (exact) mass is 230 g/mol. The fourth-order valence-corrected chi connectivity index (χ4v) is 7.45. The van der Waals surface area contributed by atoms with E-state index in [1.54, 1.807) is 57.8 Å². The predicted molar refractivity (Wildman–Crippen MR) is 69.5 cm³/mol. The van der Waals surface area contributed by atoms with E-state index >= 15 is 0 Å². The molecule has 0 heterocycles. The average Bonchev–Trinajstić information content (AvgIpc) is 3.13. The lowest BCUT2D eigenvalue weighted by atomic mass is 9.69. The van der Waals surface area contributed by atoms with E-state index in [-0.39, 0.29) is 0 Å². The minimum absolute atomic E-state index is 1.17. The molecule has 0 aliphatic heterocycles. The Morgan fingerprint density at radius 1 is 0.471 bits per heavy atom. The molecule has 5 rings (SSSR count). The average molecular weight is 230 g/mol. The van der Waals surface area contributed by atoms with Gasteiger partial charge in [0.2, 0.25) is 0 Å². The summed E-state index contributed by atoms with van der Waals surface area (Å²) in [5.74, 6) is 9.56. The summed E-state index contributed by atoms with van der Waals surface area (Å²) in [4.78, 5) is 0. The van der Waals surface area contributed by atoms with E-state index in [0.29, 0.717) is 0 Å². The van der Waals surface area contributed by atoms with Gasteiger partial charge >= 0.3 is 0 Å². The first kappa shape index (κ1) is 9.87. The smallest absolute Gasteiger partial charge is 0.0323 e. The van der Waals surface area contributed by atoms with Crippen LogP contribution < -0.4 is 0 Å². The van der Waals surface area contributed by atoms with Crippen LogP contribution in [0.2, 0.25) is 0 Å². The Hall–Kier alpha value is 0. The third kappa shape index (κ3) is 1.21. The number of hydrogen-bond donors (Lipinski definition) is 0. The Kier molecular flexibility index (Phi) is 1.92. The van der Waals surface area contributed by atoms with Crippen LogP contribution in [0.5, 0.6) is 0 Å². The van der Waals surface area contributed by atoms with Crippen LogP contribution in [0.4, 0.5) is 0 Å². The van der Waals surface area contributed by atoms with E-state index in [1.807, 2.05) is 0 Å². The van der Waals surface area contributed by atoms with Gasteiger partial charge in [-0.15, -0.1) is 0 Å². The Morgan fingerprint density at radius 2 is 1.24 bits per heavy atom. The van der Waals surface area contributed by atoms with Gasteiger partial charge in [-0.2, -0.15) is 0 Å². The molecule has 4 bridgehead atoms. The van der Waals surface area contributed by atoms with Crippen molar-refractivity contribution in [1.29, 1.82) is 0 Å². The fraction of sp³-hybridized carbons (Fsp3) is 1.00. The zero-order chi connectivity index (χ0) is 11.0. The van der Waals surface area contributed by atoms with Gasteiger partial charge in [0.05, 0.1) is 0 Å². The van der Waals surface area contributed by atoms with Gasteiger partial charge in [-0.1, -0.05) is 6.42 Å². The highest BCUT2D eigenvalue weighted by atomic mass is 14.6. The van der Waals surface area contributed by atoms with Crippen LogP contribution in [-0.2, 0) is 0 Å². The van der Waals surface area contributed by atoms with Crippen LogP contribution in [0, 0.1) is 47.3 Å². The molecule has 0 aromatic rings. The quantitative estimate of drug-likeness (QED) is 0.622. The van der Waals surface area contributed by atoms with Crippen molar-refractivity contribution in [3.8, 4) is 0 Å². The van der Waals surface area contributed by atoms with Gasteiger partial charge in [0, 0.05) is 0 Å². The molecule has 8 unspecified atom stereocenters. The van der Waals surface area contributed by atoms with E-state index in [4.69, 9.17) is 0 Å². The summed E-state index contributed by atoms with van der Waals surface area (Å²) in [5.41, 5.74) is 0. The summed E-state index contributed by atoms with van der Waals surface area (Å²) < 4.78 is 0. The molecule has 94 valence electrons. The summed E-state index contributed by atoms with van der Waals surface area (Å²) in [5, 5.41) is 0. The van der Waals surface area contributed by atoms with E-state index in [9.17, 15) is 0 Å². The van der Waals surface area contributed by atoms with Crippen molar-refractivity contribution in [1.82, 2.24) is 0 Å². The lowest BCUT2D eigenvalue weighted by Gasteiger charge is -2.36. The van der Waals surface area contributed by atoms with Crippen LogP contribution in [0.25, 0.3) is 0 Å². The predicted octanol–water partition coefficient (Wildman–Crippen LogP) is 4.49. The second kappa shape index (κ2) is 3.31. The zero-order valence-electron chi connectivity index (χ0n) is 11.0. The van der Waals surface area contributed by atoms with Gasteiger partial charge in [0.15, 0.2) is 0 Å². The minimum atomic E-state index is 1.17. The Labute approximate surface area is 106 Å². The lowest BCUT2D eigenvalue weighted by Crippen LogP contribution is -2.29. The molecule has 5 aliphatic rings. The molecular weight excluding hydrogens is 204 g/mol. The van der Waals surface area contributed by atoms with Gasteiger partial charge in [-0.3, -0.25) is 0 Å². The molecule has 0 heteroatoms. The third-order valence-electron chi connectivity index (χ3n) is 7.83. The van der Waals surface area contributed by atoms with Gasteiger partial charge in [0.1, 0.15) is 0 Å². The number of fused-ring (bicyclic) bond motifs is 7. The molecule has 0 nitrogen and oxygen atoms in total. The molecule has 5 aliphatic carbocycles. The van der Waals surface area contributed by atoms with Crippen molar-refractivity contribution in [3.05, 3.63) is 0 Å². The van der Waals surface area contributed by atoms with Crippen LogP contribution in [0.15, 0.2) is 0 Å². The fourth-order valence-electron chi connectivity index (χ4n) is 7.45. The largest absolute Gasteiger partial charge is 0.0502 e. The maximum atomic E-state index is 1.65. The molecular formula is C17H26. The molecule has 17 heavy (non-hydrogen) atoms. The van der Waals surface area contributed by atoms with Gasteiger partial charge in [0.25, 0.3) is 0 Å². The van der Waals surface area contributed by atoms with E-state index in [1.165, 1.54) is 47.3 Å². The van der Waals surface area contributed by atoms with Gasteiger partial charge in [-0.25, -0.2) is 0 Å². The second-order valence-electron chi connectivity index (χ2n) is 8.15. The van der Waals surface area contributed by atoms with Gasteiger partial charge in [-0.05, 0) is 98.7 Å². The molecule has 0 N–H and O–H groups in total. The first-order valence-corrected chi connectivity index (χ1v) is 8.40. The lowest BCUT2D eigenvalue weighted by molar-refractivity contribution is 0.128. The Morgan fingerprint density at radius 3 is 2.06 bits per heavy atom. The van der Waals surface area contributed by atoms with Gasteiger partial charge < -0.3 is 0 Å². The van der Waals surface area contributed by atoms with Crippen molar-refractivity contribution < 1.29 is 0 Å². The number of rotatable bonds is 1. The molecule has 5 saturated carbocycles. The molecule has 8 atom stereocenters. The molecule has 0 aromatic heterocycles. The molecule has 0 amide bonds. The SMILES string of the molecule is C1CC2CC1CC2C1CCC2C3CCC(C3)C21. The second-order valence-corrected chi connectivity index (χ2v) is 8.15. The summed E-state index contributed by atoms with van der Waals surface area (Å²) in [7, 11) is 0. The van der Waals surface area contributed by atoms with Crippen molar-refractivity contribution in [2.75, 3.05) is 0 Å². The first-order chi connectivity index (χ1) is 8.40. The molecule has 0 aromatic carbocycles. The topological polar surface area (TPSA) is 0 Å². The van der Waals surface area contributed by atoms with Crippen LogP contribution in [0.1, 0.15) is 57.8 Å². The molecule has 5 fully saturated rings. The van der Waals surface area contributed by atoms with E-state index < -0.39 is 0 Å². The minimum Gasteiger partial charge on any atom is -0.0502 e. The zero-order valence-corrected chi connectivity index (χ0v) is 11.0. The van der Waals surface area contributed by atoms with Crippen molar-refractivity contribution in [2.45, 2.75) is 57.8 Å². The van der Waals surface area contributed by atoms with E-state index in [2.05, 4.69) is 0 Å². The maximum Gasteiger partial charge on any atom is -0.0323 e. The normalized spacial score (nSPS) is 63.5. The molecule has 0 saturated heterocycles. The molecule has 0 spiro atoms. The maximum absolute atomic E-state index is 1.65. The van der Waals surface area contributed by atoms with Crippen molar-refractivity contribution in [3.63, 3.8) is 0 Å². The third-order valence-corrected chi connectivity index (χ3v) is 7.83. The Balaban J connectivity index is 1.42. The highest BCUT2D eigenvalue weighted by molar-refractivity contribution is 5.06. The summed E-state index contributed by atoms with van der Waals surface area (Å²) in [6, 6.07) is 0. The molecule has 0 radical (unpaired) electrons. The summed E-state index contributed by atoms with van der Waals surface area (Å²) in [6.45, 7) is 0. The summed E-state index contributed by atoms with van der Waals surface area (Å²) >= 11 is 0. The van der Waals surface area contributed by atoms with Crippen LogP contribution >= 0.6 is 0 Å². The van der Waals surface area contributed by atoms with E-state index in [0.717, 1.165) is 0 Å². The number of hydrogen-bond acceptors (Lipinski definition) is 0. The Bertz CT molecular complexity index is 333. The van der Waals surface area contributed by atoms with Crippen molar-refractivity contribution >= 4 is 0 Å². The van der Waals surface area contributed by atoms with Crippen molar-refractivity contribution in [2.24, 2.45) is 47.3 Å². The summed E-state index contributed by atoms with van der Waals surface area (Å²) in [6.07, 6.45) is 14.6.